The molecule has 0 spiro atoms. The Hall–Kier alpha value is -0.570. The van der Waals surface area contributed by atoms with Crippen molar-refractivity contribution in [2.45, 2.75) is 78.6 Å². The van der Waals surface area contributed by atoms with Crippen LogP contribution in [-0.4, -0.2) is 29.1 Å². The van der Waals surface area contributed by atoms with Crippen LogP contribution in [0.1, 0.15) is 60.3 Å². The second-order valence-electron chi connectivity index (χ2n) is 7.13. The van der Waals surface area contributed by atoms with Gasteiger partial charge in [-0.15, -0.1) is 0 Å². The van der Waals surface area contributed by atoms with E-state index in [9.17, 15) is 4.79 Å². The van der Waals surface area contributed by atoms with E-state index < -0.39 is 0 Å². The van der Waals surface area contributed by atoms with Crippen molar-refractivity contribution < 1.29 is 4.79 Å². The molecular formula is C16H30N2O. The minimum atomic E-state index is 0.0255. The maximum atomic E-state index is 12.7. The zero-order valence-electron chi connectivity index (χ0n) is 13.1. The van der Waals surface area contributed by atoms with Gasteiger partial charge in [-0.25, -0.2) is 0 Å². The van der Waals surface area contributed by atoms with E-state index in [0.29, 0.717) is 17.9 Å². The first-order valence-electron chi connectivity index (χ1n) is 8.02. The van der Waals surface area contributed by atoms with Crippen LogP contribution < -0.4 is 5.32 Å². The Kier molecular flexibility index (Phi) is 4.54. The van der Waals surface area contributed by atoms with Crippen molar-refractivity contribution in [1.29, 1.82) is 0 Å². The standard InChI is InChI=1S/C16H30N2O/c1-6-14-17-15(10(2)3)16(19)18(14)13-8-11(4)7-12(5)9-13/h10-15,17H,6-9H2,1-5H3. The monoisotopic (exact) mass is 266 g/mol. The Labute approximate surface area is 118 Å². The lowest BCUT2D eigenvalue weighted by atomic mass is 9.79. The van der Waals surface area contributed by atoms with Crippen LogP contribution in [0.25, 0.3) is 0 Å². The predicted octanol–water partition coefficient (Wildman–Crippen LogP) is 3.00. The zero-order chi connectivity index (χ0) is 14.2. The minimum absolute atomic E-state index is 0.0255. The summed E-state index contributed by atoms with van der Waals surface area (Å²) in [5.41, 5.74) is 0. The number of carbonyl (C=O) groups is 1. The molecule has 3 heteroatoms. The molecule has 1 N–H and O–H groups in total. The third-order valence-electron chi connectivity index (χ3n) is 4.83. The Balaban J connectivity index is 2.14. The molecule has 0 aromatic heterocycles. The first kappa shape index (κ1) is 14.8. The number of rotatable bonds is 3. The van der Waals surface area contributed by atoms with E-state index in [4.69, 9.17) is 0 Å². The van der Waals surface area contributed by atoms with Gasteiger partial charge in [0.25, 0.3) is 0 Å². The van der Waals surface area contributed by atoms with Crippen molar-refractivity contribution >= 4 is 5.91 Å². The first-order chi connectivity index (χ1) is 8.93. The molecule has 4 atom stereocenters. The molecule has 0 aromatic carbocycles. The van der Waals surface area contributed by atoms with E-state index >= 15 is 0 Å². The molecule has 1 amide bonds. The molecule has 2 rings (SSSR count). The number of nitrogens with one attached hydrogen (secondary N) is 1. The summed E-state index contributed by atoms with van der Waals surface area (Å²) in [5.74, 6) is 2.22. The minimum Gasteiger partial charge on any atom is -0.323 e. The molecule has 0 aromatic rings. The van der Waals surface area contributed by atoms with Crippen molar-refractivity contribution in [2.24, 2.45) is 17.8 Å². The highest BCUT2D eigenvalue weighted by Gasteiger charge is 2.44. The normalized spacial score (nSPS) is 40.2. The lowest BCUT2D eigenvalue weighted by Crippen LogP contribution is -2.47. The van der Waals surface area contributed by atoms with Gasteiger partial charge in [0.15, 0.2) is 0 Å². The van der Waals surface area contributed by atoms with Gasteiger partial charge in [0.05, 0.1) is 12.2 Å². The molecule has 110 valence electrons. The number of amides is 1. The summed E-state index contributed by atoms with van der Waals surface area (Å²) < 4.78 is 0. The molecule has 1 saturated heterocycles. The Morgan fingerprint density at radius 3 is 2.26 bits per heavy atom. The third kappa shape index (κ3) is 2.96. The quantitative estimate of drug-likeness (QED) is 0.851. The van der Waals surface area contributed by atoms with Gasteiger partial charge in [0.2, 0.25) is 5.91 Å². The van der Waals surface area contributed by atoms with Crippen molar-refractivity contribution in [3.8, 4) is 0 Å². The molecule has 2 aliphatic rings. The topological polar surface area (TPSA) is 32.3 Å². The first-order valence-corrected chi connectivity index (χ1v) is 8.02. The number of carbonyl (C=O) groups excluding carboxylic acids is 1. The van der Waals surface area contributed by atoms with Crippen LogP contribution in [0.4, 0.5) is 0 Å². The summed E-state index contributed by atoms with van der Waals surface area (Å²) in [5, 5.41) is 3.54. The molecule has 19 heavy (non-hydrogen) atoms. The van der Waals surface area contributed by atoms with Crippen LogP contribution in [0.5, 0.6) is 0 Å². The smallest absolute Gasteiger partial charge is 0.241 e. The van der Waals surface area contributed by atoms with Crippen LogP contribution in [0.15, 0.2) is 0 Å². The highest BCUT2D eigenvalue weighted by atomic mass is 16.2. The van der Waals surface area contributed by atoms with Gasteiger partial charge >= 0.3 is 0 Å². The second kappa shape index (κ2) is 5.82. The SMILES string of the molecule is CCC1NC(C(C)C)C(=O)N1C1CC(C)CC(C)C1. The summed E-state index contributed by atoms with van der Waals surface area (Å²) in [7, 11) is 0. The van der Waals surface area contributed by atoms with E-state index in [0.717, 1.165) is 18.3 Å². The van der Waals surface area contributed by atoms with Gasteiger partial charge in [-0.3, -0.25) is 10.1 Å². The molecule has 4 unspecified atom stereocenters. The zero-order valence-corrected chi connectivity index (χ0v) is 13.1. The van der Waals surface area contributed by atoms with Crippen LogP contribution in [0.2, 0.25) is 0 Å². The van der Waals surface area contributed by atoms with Crippen molar-refractivity contribution in [2.75, 3.05) is 0 Å². The fraction of sp³-hybridized carbons (Fsp3) is 0.938. The molecular weight excluding hydrogens is 236 g/mol. The van der Waals surface area contributed by atoms with Crippen LogP contribution in [0, 0.1) is 17.8 Å². The second-order valence-corrected chi connectivity index (χ2v) is 7.13. The van der Waals surface area contributed by atoms with Gasteiger partial charge in [-0.2, -0.15) is 0 Å². The average molecular weight is 266 g/mol. The lowest BCUT2D eigenvalue weighted by Gasteiger charge is -2.39. The molecule has 0 radical (unpaired) electrons. The van der Waals surface area contributed by atoms with Crippen molar-refractivity contribution in [1.82, 2.24) is 10.2 Å². The van der Waals surface area contributed by atoms with Gasteiger partial charge in [-0.05, 0) is 43.4 Å². The van der Waals surface area contributed by atoms with Gasteiger partial charge in [-0.1, -0.05) is 34.6 Å². The fourth-order valence-corrected chi connectivity index (χ4v) is 4.03. The van der Waals surface area contributed by atoms with E-state index in [1.165, 1.54) is 19.3 Å². The molecule has 1 aliphatic heterocycles. The Morgan fingerprint density at radius 1 is 1.21 bits per heavy atom. The molecule has 3 nitrogen and oxygen atoms in total. The molecule has 1 aliphatic carbocycles. The van der Waals surface area contributed by atoms with E-state index in [2.05, 4.69) is 44.8 Å². The lowest BCUT2D eigenvalue weighted by molar-refractivity contribution is -0.134. The maximum Gasteiger partial charge on any atom is 0.241 e. The van der Waals surface area contributed by atoms with Gasteiger partial charge < -0.3 is 4.90 Å². The predicted molar refractivity (Wildman–Crippen MR) is 78.7 cm³/mol. The summed E-state index contributed by atoms with van der Waals surface area (Å²) >= 11 is 0. The van der Waals surface area contributed by atoms with Crippen LogP contribution >= 0.6 is 0 Å². The number of hydrogen-bond donors (Lipinski definition) is 1. The third-order valence-corrected chi connectivity index (χ3v) is 4.83. The summed E-state index contributed by atoms with van der Waals surface area (Å²) in [4.78, 5) is 14.9. The average Bonchev–Trinajstić information content (AvgIpc) is 2.65. The van der Waals surface area contributed by atoms with Gasteiger partial charge in [0, 0.05) is 6.04 Å². The Bertz CT molecular complexity index is 319. The highest BCUT2D eigenvalue weighted by molar-refractivity contribution is 5.85. The van der Waals surface area contributed by atoms with Gasteiger partial charge in [0.1, 0.15) is 0 Å². The van der Waals surface area contributed by atoms with Crippen molar-refractivity contribution in [3.05, 3.63) is 0 Å². The maximum absolute atomic E-state index is 12.7. The van der Waals surface area contributed by atoms with Crippen LogP contribution in [0.3, 0.4) is 0 Å². The Morgan fingerprint density at radius 2 is 1.79 bits per heavy atom. The molecule has 2 fully saturated rings. The van der Waals surface area contributed by atoms with Crippen molar-refractivity contribution in [3.63, 3.8) is 0 Å². The van der Waals surface area contributed by atoms with E-state index in [-0.39, 0.29) is 12.2 Å². The van der Waals surface area contributed by atoms with E-state index in [1.807, 2.05) is 0 Å². The van der Waals surface area contributed by atoms with E-state index in [1.54, 1.807) is 0 Å². The summed E-state index contributed by atoms with van der Waals surface area (Å²) in [6.45, 7) is 11.1. The number of hydrogen-bond acceptors (Lipinski definition) is 2. The summed E-state index contributed by atoms with van der Waals surface area (Å²) in [6, 6.07) is 0.477. The summed E-state index contributed by atoms with van der Waals surface area (Å²) in [6.07, 6.45) is 4.94. The van der Waals surface area contributed by atoms with Crippen LogP contribution in [-0.2, 0) is 4.79 Å². The number of nitrogens with zero attached hydrogens (tertiary/aromatic N) is 1. The molecule has 0 bridgehead atoms. The highest BCUT2D eigenvalue weighted by Crippen LogP contribution is 2.34. The largest absolute Gasteiger partial charge is 0.323 e. The molecule has 1 saturated carbocycles. The molecule has 1 heterocycles. The fourth-order valence-electron chi connectivity index (χ4n) is 4.03.